The van der Waals surface area contributed by atoms with E-state index in [-0.39, 0.29) is 42.1 Å². The molecule has 0 aliphatic rings. The van der Waals surface area contributed by atoms with E-state index in [2.05, 4.69) is 30.2 Å². The van der Waals surface area contributed by atoms with Gasteiger partial charge < -0.3 is 4.55 Å². The molecule has 0 aromatic rings. The van der Waals surface area contributed by atoms with E-state index in [9.17, 15) is 13.0 Å². The number of unbranched alkanes of at least 4 members (excludes halogenated alkanes) is 34. The van der Waals surface area contributed by atoms with E-state index in [1.165, 1.54) is 218 Å². The van der Waals surface area contributed by atoms with Gasteiger partial charge in [0.05, 0.1) is 6.61 Å². The van der Waals surface area contributed by atoms with Crippen molar-refractivity contribution in [1.29, 1.82) is 0 Å². The molecule has 1 unspecified atom stereocenters. The first-order chi connectivity index (χ1) is 23.5. The first-order valence-electron chi connectivity index (χ1n) is 21.8. The fourth-order valence-electron chi connectivity index (χ4n) is 6.99. The fourth-order valence-corrected chi connectivity index (χ4v) is 7.33. The molecule has 0 fully saturated rings. The first kappa shape index (κ1) is 51.7. The molecule has 6 heteroatoms. The Bertz CT molecular complexity index is 742. The van der Waals surface area contributed by atoms with Crippen molar-refractivity contribution in [2.24, 2.45) is 5.92 Å². The summed E-state index contributed by atoms with van der Waals surface area (Å²) < 4.78 is 37.7. The van der Waals surface area contributed by atoms with E-state index in [1.54, 1.807) is 0 Å². The number of rotatable bonds is 41. The Morgan fingerprint density at radius 2 is 0.714 bits per heavy atom. The molecule has 0 saturated heterocycles. The topological polar surface area (TPSA) is 66.4 Å². The summed E-state index contributed by atoms with van der Waals surface area (Å²) in [7, 11) is -4.63. The summed E-state index contributed by atoms with van der Waals surface area (Å²) >= 11 is 0. The van der Waals surface area contributed by atoms with E-state index in [4.69, 9.17) is 0 Å². The largest absolute Gasteiger partial charge is 1.00 e. The normalized spacial score (nSPS) is 12.6. The summed E-state index contributed by atoms with van der Waals surface area (Å²) in [5.74, 6) is 0.0144. The maximum absolute atomic E-state index is 11.0. The van der Waals surface area contributed by atoms with Crippen molar-refractivity contribution in [3.8, 4) is 0 Å². The van der Waals surface area contributed by atoms with Crippen LogP contribution in [0.2, 0.25) is 0 Å². The summed E-state index contributed by atoms with van der Waals surface area (Å²) in [5.41, 5.74) is 0. The van der Waals surface area contributed by atoms with Gasteiger partial charge in [0.25, 0.3) is 0 Å². The van der Waals surface area contributed by atoms with Gasteiger partial charge in [-0.15, -0.1) is 0 Å². The SMILES string of the molecule is CCCCCCCCCCCCCCCCCCC/C=C/C(CCCCCCCCCCCCCCCCCCCC)COS(=O)(=O)[O-].[Na+]. The quantitative estimate of drug-likeness (QED) is 0.0207. The zero-order valence-corrected chi connectivity index (χ0v) is 36.5. The van der Waals surface area contributed by atoms with Gasteiger partial charge in [-0.05, 0) is 19.3 Å². The van der Waals surface area contributed by atoms with Crippen molar-refractivity contribution in [3.63, 3.8) is 0 Å². The standard InChI is InChI=1S/C43H86O4S.Na/c1-3-5-7-9-11-13-15-17-19-21-23-25-27-29-31-33-35-37-39-41-43(42-47-48(44,45)46)40-38-36-34-32-30-28-26-24-22-20-18-16-14-12-10-8-6-4-2;/h39,41,43H,3-38,40,42H2,1-2H3,(H,44,45,46);/q;+1/p-1/b41-39+;. The average molecular weight is 721 g/mol. The van der Waals surface area contributed by atoms with E-state index in [0.717, 1.165) is 19.3 Å². The summed E-state index contributed by atoms with van der Waals surface area (Å²) in [5, 5.41) is 0. The predicted octanol–water partition coefficient (Wildman–Crippen LogP) is 12.1. The smallest absolute Gasteiger partial charge is 0.726 e. The Labute approximate surface area is 331 Å². The van der Waals surface area contributed by atoms with Crippen LogP contribution in [0.1, 0.15) is 251 Å². The molecule has 0 amide bonds. The van der Waals surface area contributed by atoms with Crippen LogP contribution in [-0.2, 0) is 14.6 Å². The molecular formula is C43H85NaO4S. The summed E-state index contributed by atoms with van der Waals surface area (Å²) in [6.45, 7) is 4.56. The third-order valence-corrected chi connectivity index (χ3v) is 10.7. The molecule has 0 aromatic carbocycles. The van der Waals surface area contributed by atoms with Crippen LogP contribution in [0.15, 0.2) is 12.2 Å². The van der Waals surface area contributed by atoms with Crippen molar-refractivity contribution < 1.29 is 46.7 Å². The van der Waals surface area contributed by atoms with E-state index >= 15 is 0 Å². The summed E-state index contributed by atoms with van der Waals surface area (Å²) in [6.07, 6.45) is 54.1. The van der Waals surface area contributed by atoms with Crippen LogP contribution in [0.4, 0.5) is 0 Å². The van der Waals surface area contributed by atoms with E-state index in [1.807, 2.05) is 0 Å². The first-order valence-corrected chi connectivity index (χ1v) is 23.1. The van der Waals surface area contributed by atoms with Crippen molar-refractivity contribution in [2.45, 2.75) is 251 Å². The Morgan fingerprint density at radius 3 is 1.00 bits per heavy atom. The molecular weight excluding hydrogens is 636 g/mol. The Morgan fingerprint density at radius 1 is 0.449 bits per heavy atom. The Kier molecular flexibility index (Phi) is 45.4. The van der Waals surface area contributed by atoms with Crippen LogP contribution in [0.25, 0.3) is 0 Å². The van der Waals surface area contributed by atoms with Crippen molar-refractivity contribution in [1.82, 2.24) is 0 Å². The van der Waals surface area contributed by atoms with Gasteiger partial charge in [0.1, 0.15) is 0 Å². The molecule has 0 heterocycles. The molecule has 288 valence electrons. The molecule has 0 radical (unpaired) electrons. The average Bonchev–Trinajstić information content (AvgIpc) is 3.06. The number of allylic oxidation sites excluding steroid dienone is 1. The van der Waals surface area contributed by atoms with Gasteiger partial charge in [-0.3, -0.25) is 4.18 Å². The predicted molar refractivity (Wildman–Crippen MR) is 210 cm³/mol. The fraction of sp³-hybridized carbons (Fsp3) is 0.953. The minimum atomic E-state index is -4.63. The van der Waals surface area contributed by atoms with E-state index in [0.29, 0.717) is 0 Å². The van der Waals surface area contributed by atoms with E-state index < -0.39 is 10.4 Å². The molecule has 49 heavy (non-hydrogen) atoms. The van der Waals surface area contributed by atoms with Crippen LogP contribution in [-0.4, -0.2) is 19.6 Å². The van der Waals surface area contributed by atoms with Gasteiger partial charge in [-0.25, -0.2) is 8.42 Å². The van der Waals surface area contributed by atoms with Gasteiger partial charge in [-0.2, -0.15) is 0 Å². The van der Waals surface area contributed by atoms with Gasteiger partial charge in [0.2, 0.25) is 10.4 Å². The molecule has 0 N–H and O–H groups in total. The van der Waals surface area contributed by atoms with Crippen molar-refractivity contribution in [3.05, 3.63) is 12.2 Å². The van der Waals surface area contributed by atoms with Crippen LogP contribution in [0, 0.1) is 5.92 Å². The molecule has 0 bridgehead atoms. The molecule has 0 aliphatic carbocycles. The molecule has 0 aromatic heterocycles. The molecule has 0 aliphatic heterocycles. The van der Waals surface area contributed by atoms with Crippen molar-refractivity contribution in [2.75, 3.05) is 6.61 Å². The van der Waals surface area contributed by atoms with Crippen LogP contribution >= 0.6 is 0 Å². The Hall–Kier alpha value is 0.610. The minimum Gasteiger partial charge on any atom is -0.726 e. The van der Waals surface area contributed by atoms with Crippen molar-refractivity contribution >= 4 is 10.4 Å². The van der Waals surface area contributed by atoms with Gasteiger partial charge in [0, 0.05) is 5.92 Å². The molecule has 4 nitrogen and oxygen atoms in total. The van der Waals surface area contributed by atoms with Gasteiger partial charge >= 0.3 is 29.6 Å². The van der Waals surface area contributed by atoms with Crippen LogP contribution in [0.5, 0.6) is 0 Å². The van der Waals surface area contributed by atoms with Gasteiger partial charge in [0.15, 0.2) is 0 Å². The third kappa shape index (κ3) is 46.6. The summed E-state index contributed by atoms with van der Waals surface area (Å²) in [6, 6.07) is 0. The van der Waals surface area contributed by atoms with Gasteiger partial charge in [-0.1, -0.05) is 244 Å². The molecule has 1 atom stereocenters. The minimum absolute atomic E-state index is 0. The molecule has 0 spiro atoms. The molecule has 0 saturated carbocycles. The second-order valence-electron chi connectivity index (χ2n) is 15.1. The number of hydrogen-bond acceptors (Lipinski definition) is 4. The monoisotopic (exact) mass is 721 g/mol. The van der Waals surface area contributed by atoms with Crippen LogP contribution < -0.4 is 29.6 Å². The zero-order valence-electron chi connectivity index (χ0n) is 33.6. The third-order valence-electron chi connectivity index (χ3n) is 10.2. The second kappa shape index (κ2) is 43.0. The summed E-state index contributed by atoms with van der Waals surface area (Å²) in [4.78, 5) is 0. The maximum atomic E-state index is 11.0. The number of hydrogen-bond donors (Lipinski definition) is 0. The maximum Gasteiger partial charge on any atom is 1.00 e. The Balaban J connectivity index is 0. The second-order valence-corrected chi connectivity index (χ2v) is 16.2. The zero-order chi connectivity index (χ0) is 35.1. The van der Waals surface area contributed by atoms with Crippen LogP contribution in [0.3, 0.4) is 0 Å². The molecule has 0 rings (SSSR count).